The lowest BCUT2D eigenvalue weighted by Gasteiger charge is -2.04. The van der Waals surface area contributed by atoms with Crippen LogP contribution in [0, 0.1) is 6.92 Å². The number of thioether (sulfide) groups is 1. The first-order chi connectivity index (χ1) is 13.0. The highest BCUT2D eigenvalue weighted by Crippen LogP contribution is 2.34. The van der Waals surface area contributed by atoms with Crippen LogP contribution in [0.2, 0.25) is 5.02 Å². The number of nitrogens with one attached hydrogen (secondary N) is 1. The second-order valence-corrected chi connectivity index (χ2v) is 7.09. The molecule has 4 rings (SSSR count). The third kappa shape index (κ3) is 3.27. The van der Waals surface area contributed by atoms with Gasteiger partial charge in [-0.3, -0.25) is 9.59 Å². The summed E-state index contributed by atoms with van der Waals surface area (Å²) in [7, 11) is 0. The average Bonchev–Trinajstić information content (AvgIpc) is 3.04. The fourth-order valence-corrected chi connectivity index (χ4v) is 3.70. The fourth-order valence-electron chi connectivity index (χ4n) is 2.67. The number of aryl methyl sites for hydroxylation is 1. The largest absolute Gasteiger partial charge is 0.360 e. The molecule has 6 nitrogen and oxygen atoms in total. The molecule has 134 valence electrons. The van der Waals surface area contributed by atoms with Crippen molar-refractivity contribution >= 4 is 39.5 Å². The molecule has 0 fully saturated rings. The lowest BCUT2D eigenvalue weighted by molar-refractivity contribution is 0.108. The summed E-state index contributed by atoms with van der Waals surface area (Å²) in [5, 5.41) is 4.10. The van der Waals surface area contributed by atoms with E-state index in [1.807, 2.05) is 6.07 Å². The number of carbonyl (C=O) groups is 1. The van der Waals surface area contributed by atoms with E-state index in [1.54, 1.807) is 49.4 Å². The molecule has 0 radical (unpaired) electrons. The molecule has 0 atom stereocenters. The van der Waals surface area contributed by atoms with Gasteiger partial charge in [0.1, 0.15) is 11.5 Å². The van der Waals surface area contributed by atoms with Crippen LogP contribution in [0.5, 0.6) is 0 Å². The molecular weight excluding hydrogens is 386 g/mol. The van der Waals surface area contributed by atoms with Gasteiger partial charge in [-0.2, -0.15) is 0 Å². The highest BCUT2D eigenvalue weighted by molar-refractivity contribution is 8.14. The zero-order valence-corrected chi connectivity index (χ0v) is 15.6. The Hall–Kier alpha value is -2.90. The van der Waals surface area contributed by atoms with Crippen molar-refractivity contribution in [2.45, 2.75) is 11.9 Å². The molecule has 2 aromatic carbocycles. The quantitative estimate of drug-likeness (QED) is 0.513. The van der Waals surface area contributed by atoms with Crippen LogP contribution in [-0.4, -0.2) is 20.2 Å². The summed E-state index contributed by atoms with van der Waals surface area (Å²) in [6.45, 7) is 1.64. The molecule has 27 heavy (non-hydrogen) atoms. The average molecular weight is 398 g/mol. The van der Waals surface area contributed by atoms with E-state index in [0.29, 0.717) is 33.1 Å². The maximum Gasteiger partial charge on any atom is 0.281 e. The third-order valence-corrected chi connectivity index (χ3v) is 5.14. The van der Waals surface area contributed by atoms with Crippen LogP contribution in [0.4, 0.5) is 0 Å². The first kappa shape index (κ1) is 17.5. The molecule has 0 aliphatic rings. The predicted octanol–water partition coefficient (Wildman–Crippen LogP) is 4.47. The van der Waals surface area contributed by atoms with Gasteiger partial charge >= 0.3 is 0 Å². The van der Waals surface area contributed by atoms with Crippen molar-refractivity contribution in [2.24, 2.45) is 0 Å². The van der Waals surface area contributed by atoms with Crippen molar-refractivity contribution < 1.29 is 9.32 Å². The highest BCUT2D eigenvalue weighted by Gasteiger charge is 2.25. The lowest BCUT2D eigenvalue weighted by atomic mass is 10.1. The van der Waals surface area contributed by atoms with Gasteiger partial charge in [0.05, 0.1) is 21.6 Å². The fraction of sp³-hybridized carbons (Fsp3) is 0.0526. The summed E-state index contributed by atoms with van der Waals surface area (Å²) < 4.78 is 5.22. The Morgan fingerprint density at radius 2 is 1.89 bits per heavy atom. The van der Waals surface area contributed by atoms with E-state index in [9.17, 15) is 9.59 Å². The van der Waals surface area contributed by atoms with E-state index in [2.05, 4.69) is 15.1 Å². The van der Waals surface area contributed by atoms with Crippen LogP contribution in [0.1, 0.15) is 16.1 Å². The Balaban J connectivity index is 1.75. The van der Waals surface area contributed by atoms with Gasteiger partial charge in [-0.15, -0.1) is 0 Å². The van der Waals surface area contributed by atoms with Crippen LogP contribution in [-0.2, 0) is 0 Å². The highest BCUT2D eigenvalue weighted by atomic mass is 35.5. The number of H-pyrrole nitrogens is 1. The minimum Gasteiger partial charge on any atom is -0.360 e. The monoisotopic (exact) mass is 397 g/mol. The smallest absolute Gasteiger partial charge is 0.281 e. The molecule has 2 aromatic heterocycles. The number of para-hydroxylation sites is 2. The van der Waals surface area contributed by atoms with Crippen molar-refractivity contribution in [2.75, 3.05) is 0 Å². The summed E-state index contributed by atoms with van der Waals surface area (Å²) in [4.78, 5) is 32.2. The van der Waals surface area contributed by atoms with Gasteiger partial charge in [-0.25, -0.2) is 4.98 Å². The Bertz CT molecular complexity index is 1230. The standard InChI is InChI=1S/C19H12ClN3O3S/c1-10-15(16(23-26-10)11-6-2-3-7-12(11)20)19(25)27-18-17(24)21-13-8-4-5-9-14(13)22-18/h2-9H,1H3,(H,21,24). The summed E-state index contributed by atoms with van der Waals surface area (Å²) in [6, 6.07) is 14.2. The summed E-state index contributed by atoms with van der Waals surface area (Å²) in [5.74, 6) is 0.347. The van der Waals surface area contributed by atoms with Gasteiger partial charge in [0.25, 0.3) is 5.56 Å². The third-order valence-electron chi connectivity index (χ3n) is 3.95. The SMILES string of the molecule is Cc1onc(-c2ccccc2Cl)c1C(=O)Sc1nc2ccccc2[nH]c1=O. The molecule has 0 unspecified atom stereocenters. The topological polar surface area (TPSA) is 88.8 Å². The van der Waals surface area contributed by atoms with E-state index in [0.717, 1.165) is 11.8 Å². The van der Waals surface area contributed by atoms with E-state index >= 15 is 0 Å². The molecule has 0 saturated heterocycles. The van der Waals surface area contributed by atoms with Crippen LogP contribution in [0.25, 0.3) is 22.3 Å². The molecule has 0 amide bonds. The number of aromatic nitrogens is 3. The first-order valence-electron chi connectivity index (χ1n) is 7.97. The number of hydrogen-bond acceptors (Lipinski definition) is 6. The van der Waals surface area contributed by atoms with Gasteiger partial charge in [0.15, 0.2) is 5.03 Å². The second-order valence-electron chi connectivity index (χ2n) is 5.72. The molecule has 0 aliphatic heterocycles. The Kier molecular flexibility index (Phi) is 4.55. The maximum absolute atomic E-state index is 12.9. The molecule has 2 heterocycles. The molecule has 0 aliphatic carbocycles. The summed E-state index contributed by atoms with van der Waals surface area (Å²) >= 11 is 6.96. The number of hydrogen-bond donors (Lipinski definition) is 1. The van der Waals surface area contributed by atoms with Crippen molar-refractivity contribution in [1.82, 2.24) is 15.1 Å². The van der Waals surface area contributed by atoms with Crippen LogP contribution < -0.4 is 5.56 Å². The number of fused-ring (bicyclic) bond motifs is 1. The second kappa shape index (κ2) is 7.02. The van der Waals surface area contributed by atoms with Gasteiger partial charge < -0.3 is 9.51 Å². The predicted molar refractivity (Wildman–Crippen MR) is 104 cm³/mol. The number of carbonyl (C=O) groups excluding carboxylic acids is 1. The maximum atomic E-state index is 12.9. The van der Waals surface area contributed by atoms with Crippen molar-refractivity contribution in [3.63, 3.8) is 0 Å². The molecule has 8 heteroatoms. The Morgan fingerprint density at radius 1 is 1.15 bits per heavy atom. The van der Waals surface area contributed by atoms with Crippen molar-refractivity contribution in [3.8, 4) is 11.3 Å². The van der Waals surface area contributed by atoms with Gasteiger partial charge in [0, 0.05) is 5.56 Å². The molecular formula is C19H12ClN3O3S. The van der Waals surface area contributed by atoms with Crippen LogP contribution in [0.15, 0.2) is 62.9 Å². The number of rotatable bonds is 3. The number of aromatic amines is 1. The number of halogens is 1. The van der Waals surface area contributed by atoms with E-state index in [1.165, 1.54) is 0 Å². The van der Waals surface area contributed by atoms with E-state index in [4.69, 9.17) is 16.1 Å². The van der Waals surface area contributed by atoms with Gasteiger partial charge in [0.2, 0.25) is 5.12 Å². The first-order valence-corrected chi connectivity index (χ1v) is 9.16. The zero-order chi connectivity index (χ0) is 19.0. The van der Waals surface area contributed by atoms with E-state index < -0.39 is 10.7 Å². The van der Waals surface area contributed by atoms with Gasteiger partial charge in [-0.1, -0.05) is 47.1 Å². The van der Waals surface area contributed by atoms with E-state index in [-0.39, 0.29) is 10.6 Å². The molecule has 0 spiro atoms. The van der Waals surface area contributed by atoms with Crippen molar-refractivity contribution in [3.05, 3.63) is 75.2 Å². The van der Waals surface area contributed by atoms with Crippen LogP contribution >= 0.6 is 23.4 Å². The zero-order valence-electron chi connectivity index (χ0n) is 14.0. The normalized spacial score (nSPS) is 11.0. The minimum atomic E-state index is -0.430. The molecule has 0 bridgehead atoms. The lowest BCUT2D eigenvalue weighted by Crippen LogP contribution is -2.12. The summed E-state index contributed by atoms with van der Waals surface area (Å²) in [5.41, 5.74) is 1.97. The minimum absolute atomic E-state index is 0.0596. The molecule has 0 saturated carbocycles. The number of nitrogens with zero attached hydrogens (tertiary/aromatic N) is 2. The van der Waals surface area contributed by atoms with Crippen molar-refractivity contribution in [1.29, 1.82) is 0 Å². The Morgan fingerprint density at radius 3 is 2.70 bits per heavy atom. The van der Waals surface area contributed by atoms with Gasteiger partial charge in [-0.05, 0) is 36.9 Å². The summed E-state index contributed by atoms with van der Waals surface area (Å²) in [6.07, 6.45) is 0. The number of benzene rings is 2. The Labute approximate surface area is 162 Å². The molecule has 4 aromatic rings. The van der Waals surface area contributed by atoms with Crippen LogP contribution in [0.3, 0.4) is 0 Å². The molecule has 1 N–H and O–H groups in total.